The number of hydrogen-bond acceptors (Lipinski definition) is 2. The first kappa shape index (κ1) is 13.2. The average molecular weight is 221 g/mol. The van der Waals surface area contributed by atoms with Crippen molar-refractivity contribution in [2.75, 3.05) is 19.8 Å². The van der Waals surface area contributed by atoms with E-state index in [1.807, 2.05) is 0 Å². The second-order valence-electron chi connectivity index (χ2n) is 4.07. The Balaban J connectivity index is 2.27. The number of aryl methyl sites for hydroxylation is 1. The summed E-state index contributed by atoms with van der Waals surface area (Å²) in [6.07, 6.45) is 4.71. The smallest absolute Gasteiger partial charge is 0.0588 e. The molecule has 16 heavy (non-hydrogen) atoms. The summed E-state index contributed by atoms with van der Waals surface area (Å²) in [5.41, 5.74) is 8.13. The molecule has 0 spiro atoms. The summed E-state index contributed by atoms with van der Waals surface area (Å²) in [5, 5.41) is 0. The molecule has 0 fully saturated rings. The molecule has 1 aromatic rings. The Hall–Kier alpha value is -0.860. The van der Waals surface area contributed by atoms with Crippen molar-refractivity contribution in [1.82, 2.24) is 0 Å². The van der Waals surface area contributed by atoms with Crippen LogP contribution in [0.15, 0.2) is 24.3 Å². The SMILES string of the molecule is CCCCc1ccc(CCOCCN)cc1. The molecule has 0 aromatic heterocycles. The van der Waals surface area contributed by atoms with Gasteiger partial charge in [0.2, 0.25) is 0 Å². The molecule has 0 saturated heterocycles. The first-order valence-electron chi connectivity index (χ1n) is 6.22. The minimum absolute atomic E-state index is 0.607. The highest BCUT2D eigenvalue weighted by Gasteiger charge is 1.95. The standard InChI is InChI=1S/C14H23NO/c1-2-3-4-13-5-7-14(8-6-13)9-11-16-12-10-15/h5-8H,2-4,9-12,15H2,1H3. The zero-order valence-corrected chi connectivity index (χ0v) is 10.2. The molecule has 0 aliphatic rings. The molecule has 1 rings (SSSR count). The molecule has 0 saturated carbocycles. The summed E-state index contributed by atoms with van der Waals surface area (Å²) in [4.78, 5) is 0. The van der Waals surface area contributed by atoms with Crippen molar-refractivity contribution in [3.63, 3.8) is 0 Å². The van der Waals surface area contributed by atoms with E-state index in [0.29, 0.717) is 13.2 Å². The lowest BCUT2D eigenvalue weighted by atomic mass is 10.1. The maximum Gasteiger partial charge on any atom is 0.0588 e. The summed E-state index contributed by atoms with van der Waals surface area (Å²) in [5.74, 6) is 0. The summed E-state index contributed by atoms with van der Waals surface area (Å²) in [6.45, 7) is 4.26. The number of hydrogen-bond donors (Lipinski definition) is 1. The first-order chi connectivity index (χ1) is 7.86. The molecule has 2 heteroatoms. The van der Waals surface area contributed by atoms with Gasteiger partial charge in [0, 0.05) is 6.54 Å². The molecule has 2 nitrogen and oxygen atoms in total. The molecule has 90 valence electrons. The zero-order valence-electron chi connectivity index (χ0n) is 10.2. The molecule has 0 bridgehead atoms. The van der Waals surface area contributed by atoms with Gasteiger partial charge < -0.3 is 10.5 Å². The molecular formula is C14H23NO. The van der Waals surface area contributed by atoms with E-state index >= 15 is 0 Å². The number of ether oxygens (including phenoxy) is 1. The second kappa shape index (κ2) is 8.31. The average Bonchev–Trinajstić information content (AvgIpc) is 2.33. The van der Waals surface area contributed by atoms with Gasteiger partial charge in [0.25, 0.3) is 0 Å². The number of benzene rings is 1. The van der Waals surface area contributed by atoms with Crippen LogP contribution in [0.2, 0.25) is 0 Å². The van der Waals surface area contributed by atoms with Crippen LogP contribution in [0.5, 0.6) is 0 Å². The molecule has 0 radical (unpaired) electrons. The fourth-order valence-electron chi connectivity index (χ4n) is 1.63. The van der Waals surface area contributed by atoms with Gasteiger partial charge >= 0.3 is 0 Å². The van der Waals surface area contributed by atoms with E-state index in [1.165, 1.54) is 30.4 Å². The highest BCUT2D eigenvalue weighted by molar-refractivity contribution is 5.22. The van der Waals surface area contributed by atoms with Crippen LogP contribution in [0, 0.1) is 0 Å². The fourth-order valence-corrected chi connectivity index (χ4v) is 1.63. The monoisotopic (exact) mass is 221 g/mol. The Morgan fingerprint density at radius 2 is 1.62 bits per heavy atom. The van der Waals surface area contributed by atoms with Crippen molar-refractivity contribution in [1.29, 1.82) is 0 Å². The molecule has 1 aromatic carbocycles. The van der Waals surface area contributed by atoms with Crippen LogP contribution >= 0.6 is 0 Å². The van der Waals surface area contributed by atoms with E-state index in [0.717, 1.165) is 13.0 Å². The summed E-state index contributed by atoms with van der Waals surface area (Å²) in [7, 11) is 0. The van der Waals surface area contributed by atoms with Gasteiger partial charge in [-0.1, -0.05) is 37.6 Å². The highest BCUT2D eigenvalue weighted by atomic mass is 16.5. The predicted octanol–water partition coefficient (Wildman–Crippen LogP) is 2.55. The predicted molar refractivity (Wildman–Crippen MR) is 68.6 cm³/mol. The Morgan fingerprint density at radius 1 is 1.00 bits per heavy atom. The lowest BCUT2D eigenvalue weighted by Crippen LogP contribution is -2.10. The quantitative estimate of drug-likeness (QED) is 0.685. The molecule has 0 aliphatic carbocycles. The lowest BCUT2D eigenvalue weighted by Gasteiger charge is -2.04. The Labute approximate surface area is 98.8 Å². The highest BCUT2D eigenvalue weighted by Crippen LogP contribution is 2.08. The third-order valence-corrected chi connectivity index (χ3v) is 2.64. The Morgan fingerprint density at radius 3 is 2.19 bits per heavy atom. The van der Waals surface area contributed by atoms with Gasteiger partial charge in [-0.25, -0.2) is 0 Å². The normalized spacial score (nSPS) is 10.6. The van der Waals surface area contributed by atoms with Crippen molar-refractivity contribution in [3.05, 3.63) is 35.4 Å². The van der Waals surface area contributed by atoms with Crippen molar-refractivity contribution >= 4 is 0 Å². The Bertz CT molecular complexity index is 269. The van der Waals surface area contributed by atoms with E-state index in [9.17, 15) is 0 Å². The van der Waals surface area contributed by atoms with E-state index in [1.54, 1.807) is 0 Å². The Kier molecular flexibility index (Phi) is 6.86. The van der Waals surface area contributed by atoms with Crippen LogP contribution in [0.1, 0.15) is 30.9 Å². The molecular weight excluding hydrogens is 198 g/mol. The molecule has 0 atom stereocenters. The minimum atomic E-state index is 0.607. The zero-order chi connectivity index (χ0) is 11.6. The van der Waals surface area contributed by atoms with Crippen LogP contribution in [0.25, 0.3) is 0 Å². The van der Waals surface area contributed by atoms with Gasteiger partial charge in [0.05, 0.1) is 13.2 Å². The van der Waals surface area contributed by atoms with Crippen LogP contribution in [-0.4, -0.2) is 19.8 Å². The molecule has 0 amide bonds. The van der Waals surface area contributed by atoms with Gasteiger partial charge in [-0.15, -0.1) is 0 Å². The maximum absolute atomic E-state index is 5.36. The third-order valence-electron chi connectivity index (χ3n) is 2.64. The largest absolute Gasteiger partial charge is 0.380 e. The van der Waals surface area contributed by atoms with Crippen molar-refractivity contribution in [2.24, 2.45) is 5.73 Å². The van der Waals surface area contributed by atoms with Gasteiger partial charge in [-0.2, -0.15) is 0 Å². The van der Waals surface area contributed by atoms with E-state index in [2.05, 4.69) is 31.2 Å². The summed E-state index contributed by atoms with van der Waals surface area (Å²) in [6, 6.07) is 8.87. The van der Waals surface area contributed by atoms with Gasteiger partial charge in [-0.3, -0.25) is 0 Å². The lowest BCUT2D eigenvalue weighted by molar-refractivity contribution is 0.145. The van der Waals surface area contributed by atoms with Gasteiger partial charge in [-0.05, 0) is 30.4 Å². The van der Waals surface area contributed by atoms with Crippen LogP contribution < -0.4 is 5.73 Å². The molecule has 2 N–H and O–H groups in total. The van der Waals surface area contributed by atoms with E-state index < -0.39 is 0 Å². The number of unbranched alkanes of at least 4 members (excludes halogenated alkanes) is 1. The number of rotatable bonds is 8. The number of nitrogens with two attached hydrogens (primary N) is 1. The van der Waals surface area contributed by atoms with E-state index in [-0.39, 0.29) is 0 Å². The van der Waals surface area contributed by atoms with Crippen LogP contribution in [0.3, 0.4) is 0 Å². The third kappa shape index (κ3) is 5.29. The van der Waals surface area contributed by atoms with Crippen molar-refractivity contribution in [3.8, 4) is 0 Å². The summed E-state index contributed by atoms with van der Waals surface area (Å²) < 4.78 is 5.36. The second-order valence-corrected chi connectivity index (χ2v) is 4.07. The molecule has 0 unspecified atom stereocenters. The van der Waals surface area contributed by atoms with Crippen LogP contribution in [0.4, 0.5) is 0 Å². The molecule has 0 heterocycles. The van der Waals surface area contributed by atoms with E-state index in [4.69, 9.17) is 10.5 Å². The summed E-state index contributed by atoms with van der Waals surface area (Å²) >= 11 is 0. The van der Waals surface area contributed by atoms with Crippen molar-refractivity contribution in [2.45, 2.75) is 32.6 Å². The van der Waals surface area contributed by atoms with Gasteiger partial charge in [0.15, 0.2) is 0 Å². The minimum Gasteiger partial charge on any atom is -0.380 e. The first-order valence-corrected chi connectivity index (χ1v) is 6.22. The maximum atomic E-state index is 5.36. The van der Waals surface area contributed by atoms with Crippen molar-refractivity contribution < 1.29 is 4.74 Å². The fraction of sp³-hybridized carbons (Fsp3) is 0.571. The van der Waals surface area contributed by atoms with Crippen LogP contribution in [-0.2, 0) is 17.6 Å². The van der Waals surface area contributed by atoms with Gasteiger partial charge in [0.1, 0.15) is 0 Å². The topological polar surface area (TPSA) is 35.2 Å². The molecule has 0 aliphatic heterocycles.